The maximum atomic E-state index is 12.4. The fraction of sp³-hybridized carbons (Fsp3) is 0.930. The van der Waals surface area contributed by atoms with Crippen LogP contribution in [0, 0.1) is 0 Å². The van der Waals surface area contributed by atoms with Crippen LogP contribution in [0.5, 0.6) is 0 Å². The van der Waals surface area contributed by atoms with Crippen LogP contribution in [0.3, 0.4) is 0 Å². The van der Waals surface area contributed by atoms with Crippen LogP contribution < -0.4 is 0 Å². The number of rotatable bonds is 40. The zero-order valence-electron chi connectivity index (χ0n) is 33.6. The van der Waals surface area contributed by atoms with Crippen molar-refractivity contribution in [1.29, 1.82) is 0 Å². The van der Waals surface area contributed by atoms with E-state index in [-0.39, 0.29) is 24.1 Å². The van der Waals surface area contributed by atoms with Crippen LogP contribution in [0.25, 0.3) is 0 Å². The minimum atomic E-state index is -0.0111. The second-order valence-corrected chi connectivity index (χ2v) is 16.9. The van der Waals surface area contributed by atoms with E-state index >= 15 is 0 Å². The Morgan fingerprint density at radius 1 is 0.400 bits per heavy atom. The Bertz CT molecular complexity index is 702. The number of unbranched alkanes of at least 4 members (excludes halogenated alkanes) is 18. The number of carbonyl (C=O) groups excluding carboxylic acids is 3. The molecule has 0 N–H and O–H groups in total. The molecule has 0 heterocycles. The van der Waals surface area contributed by atoms with Gasteiger partial charge in [-0.2, -0.15) is 23.5 Å². The number of ketones is 1. The SMILES string of the molecule is CCCCCCCC(=O)OC(CCCCCC)CSCCCCCC(=O)CCCCCSCC(CCCCCC)OC(=O)CCCCCCC. The number of hydrogen-bond donors (Lipinski definition) is 0. The van der Waals surface area contributed by atoms with Gasteiger partial charge in [-0.15, -0.1) is 0 Å². The van der Waals surface area contributed by atoms with Gasteiger partial charge < -0.3 is 9.47 Å². The Morgan fingerprint density at radius 2 is 0.720 bits per heavy atom. The van der Waals surface area contributed by atoms with E-state index in [0.717, 1.165) is 113 Å². The molecule has 0 saturated carbocycles. The third-order valence-electron chi connectivity index (χ3n) is 9.42. The fourth-order valence-electron chi connectivity index (χ4n) is 6.15. The standard InChI is InChI=1S/C43H82O5S2/c1-5-9-13-17-25-33-42(45)47-40(31-23-15-11-7-3)37-49-35-27-19-21-29-39(44)30-22-20-28-36-50-38-41(32-24-16-12-8-4)48-43(46)34-26-18-14-10-6-2/h40-41H,5-38H2,1-4H3. The topological polar surface area (TPSA) is 69.7 Å². The molecule has 0 aromatic rings. The Labute approximate surface area is 319 Å². The minimum Gasteiger partial charge on any atom is -0.461 e. The molecule has 0 aromatic carbocycles. The molecule has 50 heavy (non-hydrogen) atoms. The molecule has 2 atom stereocenters. The Kier molecular flexibility index (Phi) is 39.0. The molecule has 5 nitrogen and oxygen atoms in total. The molecule has 0 fully saturated rings. The van der Waals surface area contributed by atoms with Crippen molar-refractivity contribution in [3.05, 3.63) is 0 Å². The summed E-state index contributed by atoms with van der Waals surface area (Å²) in [4.78, 5) is 37.3. The van der Waals surface area contributed by atoms with E-state index in [9.17, 15) is 14.4 Å². The van der Waals surface area contributed by atoms with Crippen molar-refractivity contribution in [3.8, 4) is 0 Å². The maximum Gasteiger partial charge on any atom is 0.306 e. The third kappa shape index (κ3) is 35.7. The molecule has 0 aliphatic heterocycles. The molecule has 0 bridgehead atoms. The van der Waals surface area contributed by atoms with Gasteiger partial charge in [0.15, 0.2) is 0 Å². The number of hydrogen-bond acceptors (Lipinski definition) is 7. The summed E-state index contributed by atoms with van der Waals surface area (Å²) in [6.07, 6.45) is 32.2. The maximum absolute atomic E-state index is 12.4. The second kappa shape index (κ2) is 39.5. The molecule has 0 radical (unpaired) electrons. The van der Waals surface area contributed by atoms with Crippen LogP contribution in [-0.4, -0.2) is 52.9 Å². The zero-order chi connectivity index (χ0) is 36.8. The summed E-state index contributed by atoms with van der Waals surface area (Å²) in [7, 11) is 0. The summed E-state index contributed by atoms with van der Waals surface area (Å²) in [6, 6.07) is 0. The molecule has 296 valence electrons. The Balaban J connectivity index is 4.05. The molecule has 2 unspecified atom stereocenters. The smallest absolute Gasteiger partial charge is 0.306 e. The number of Topliss-reactive ketones (excluding diaryl/α,β-unsaturated/α-hetero) is 1. The van der Waals surface area contributed by atoms with Crippen molar-refractivity contribution in [2.75, 3.05) is 23.0 Å². The van der Waals surface area contributed by atoms with Crippen LogP contribution in [0.15, 0.2) is 0 Å². The molecular weight excluding hydrogens is 661 g/mol. The van der Waals surface area contributed by atoms with Crippen molar-refractivity contribution in [3.63, 3.8) is 0 Å². The Morgan fingerprint density at radius 3 is 1.10 bits per heavy atom. The predicted molar refractivity (Wildman–Crippen MR) is 221 cm³/mol. The lowest BCUT2D eigenvalue weighted by atomic mass is 10.1. The average Bonchev–Trinajstić information content (AvgIpc) is 3.10. The summed E-state index contributed by atoms with van der Waals surface area (Å²) in [5.74, 6) is 4.33. The summed E-state index contributed by atoms with van der Waals surface area (Å²) in [5, 5.41) is 0. The summed E-state index contributed by atoms with van der Waals surface area (Å²) in [5.41, 5.74) is 0. The molecule has 0 amide bonds. The van der Waals surface area contributed by atoms with E-state index in [1.165, 1.54) is 77.0 Å². The van der Waals surface area contributed by atoms with Crippen molar-refractivity contribution in [2.45, 2.75) is 233 Å². The number of carbonyl (C=O) groups is 3. The molecular formula is C43H82O5S2. The molecule has 0 aliphatic carbocycles. The van der Waals surface area contributed by atoms with Crippen molar-refractivity contribution in [1.82, 2.24) is 0 Å². The summed E-state index contributed by atoms with van der Waals surface area (Å²) < 4.78 is 11.8. The number of esters is 2. The van der Waals surface area contributed by atoms with Gasteiger partial charge in [-0.25, -0.2) is 0 Å². The Hall–Kier alpha value is -0.690. The van der Waals surface area contributed by atoms with E-state index < -0.39 is 0 Å². The lowest BCUT2D eigenvalue weighted by molar-refractivity contribution is -0.149. The first kappa shape index (κ1) is 49.3. The zero-order valence-corrected chi connectivity index (χ0v) is 35.2. The van der Waals surface area contributed by atoms with Gasteiger partial charge in [0.25, 0.3) is 0 Å². The van der Waals surface area contributed by atoms with Crippen LogP contribution >= 0.6 is 23.5 Å². The van der Waals surface area contributed by atoms with Gasteiger partial charge >= 0.3 is 11.9 Å². The lowest BCUT2D eigenvalue weighted by Crippen LogP contribution is -2.21. The number of thioether (sulfide) groups is 2. The molecule has 0 saturated heterocycles. The molecule has 0 spiro atoms. The highest BCUT2D eigenvalue weighted by Gasteiger charge is 2.16. The predicted octanol–water partition coefficient (Wildman–Crippen LogP) is 13.6. The van der Waals surface area contributed by atoms with Crippen LogP contribution in [0.4, 0.5) is 0 Å². The van der Waals surface area contributed by atoms with Gasteiger partial charge in [0.2, 0.25) is 0 Å². The third-order valence-corrected chi connectivity index (χ3v) is 11.8. The molecule has 7 heteroatoms. The second-order valence-electron chi connectivity index (χ2n) is 14.6. The highest BCUT2D eigenvalue weighted by atomic mass is 32.2. The largest absolute Gasteiger partial charge is 0.461 e. The minimum absolute atomic E-state index is 0.0111. The van der Waals surface area contributed by atoms with Crippen molar-refractivity contribution in [2.24, 2.45) is 0 Å². The first-order valence-corrected chi connectivity index (χ1v) is 23.8. The van der Waals surface area contributed by atoms with Crippen LogP contribution in [-0.2, 0) is 23.9 Å². The van der Waals surface area contributed by atoms with Gasteiger partial charge in [0.1, 0.15) is 18.0 Å². The van der Waals surface area contributed by atoms with Crippen molar-refractivity contribution < 1.29 is 23.9 Å². The van der Waals surface area contributed by atoms with E-state index in [2.05, 4.69) is 27.7 Å². The van der Waals surface area contributed by atoms with Gasteiger partial charge in [-0.1, -0.05) is 130 Å². The van der Waals surface area contributed by atoms with Crippen molar-refractivity contribution >= 4 is 41.2 Å². The van der Waals surface area contributed by atoms with Gasteiger partial charge in [-0.05, 0) is 75.7 Å². The quantitative estimate of drug-likeness (QED) is 0.0457. The number of ether oxygens (including phenoxy) is 2. The highest BCUT2D eigenvalue weighted by Crippen LogP contribution is 2.19. The van der Waals surface area contributed by atoms with E-state index in [0.29, 0.717) is 31.5 Å². The first-order valence-electron chi connectivity index (χ1n) is 21.5. The van der Waals surface area contributed by atoms with E-state index in [1.807, 2.05) is 23.5 Å². The van der Waals surface area contributed by atoms with Gasteiger partial charge in [0.05, 0.1) is 0 Å². The summed E-state index contributed by atoms with van der Waals surface area (Å²) in [6.45, 7) is 8.88. The summed E-state index contributed by atoms with van der Waals surface area (Å²) >= 11 is 3.82. The molecule has 0 aromatic heterocycles. The van der Waals surface area contributed by atoms with E-state index in [4.69, 9.17) is 9.47 Å². The molecule has 0 aliphatic rings. The van der Waals surface area contributed by atoms with E-state index in [1.54, 1.807) is 0 Å². The van der Waals surface area contributed by atoms with Crippen LogP contribution in [0.2, 0.25) is 0 Å². The van der Waals surface area contributed by atoms with Gasteiger partial charge in [0, 0.05) is 37.2 Å². The van der Waals surface area contributed by atoms with Crippen LogP contribution in [0.1, 0.15) is 220 Å². The first-order chi connectivity index (χ1) is 24.5. The van der Waals surface area contributed by atoms with Gasteiger partial charge in [-0.3, -0.25) is 14.4 Å². The molecule has 0 rings (SSSR count). The fourth-order valence-corrected chi connectivity index (χ4v) is 8.29. The monoisotopic (exact) mass is 743 g/mol. The lowest BCUT2D eigenvalue weighted by Gasteiger charge is -2.18. The normalized spacial score (nSPS) is 12.6. The average molecular weight is 743 g/mol. The highest BCUT2D eigenvalue weighted by molar-refractivity contribution is 7.99.